The van der Waals surface area contributed by atoms with E-state index >= 15 is 0 Å². The quantitative estimate of drug-likeness (QED) is 0.172. The van der Waals surface area contributed by atoms with Gasteiger partial charge in [-0.05, 0) is 74.9 Å². The molecule has 28 heavy (non-hydrogen) atoms. The second-order valence-corrected chi connectivity index (χ2v) is 17.3. The summed E-state index contributed by atoms with van der Waals surface area (Å²) in [7, 11) is -2.93. The third-order valence-corrected chi connectivity index (χ3v) is 18.2. The Hall–Kier alpha value is 0.894. The molecule has 170 valence electrons. The number of rotatable bonds is 19. The average Bonchev–Trinajstić information content (AvgIpc) is 2.61. The summed E-state index contributed by atoms with van der Waals surface area (Å²) >= 11 is 0. The van der Waals surface area contributed by atoms with Crippen LogP contribution in [0.3, 0.4) is 0 Å². The minimum atomic E-state index is -2.96. The Morgan fingerprint density at radius 1 is 0.571 bits per heavy atom. The fourth-order valence-electron chi connectivity index (χ4n) is 2.59. The largest absolute Gasteiger partial charge is 0.584 e. The van der Waals surface area contributed by atoms with Crippen LogP contribution in [0.4, 0.5) is 0 Å². The SMILES string of the molecule is CCCC(C)O[Si](OCC)(OCC)SS[Si](OCC)(OCC)OC(C)CCC. The van der Waals surface area contributed by atoms with Crippen molar-refractivity contribution in [2.24, 2.45) is 0 Å². The van der Waals surface area contributed by atoms with Crippen LogP contribution in [0.15, 0.2) is 0 Å². The van der Waals surface area contributed by atoms with Crippen LogP contribution in [0.25, 0.3) is 0 Å². The van der Waals surface area contributed by atoms with Crippen molar-refractivity contribution in [1.82, 2.24) is 0 Å². The van der Waals surface area contributed by atoms with E-state index in [9.17, 15) is 0 Å². The molecule has 0 aliphatic rings. The fourth-order valence-corrected chi connectivity index (χ4v) is 19.8. The Kier molecular flexibility index (Phi) is 17.1. The standard InChI is InChI=1S/C18H42O6S2Si2/c1-9-15-17(7)23-27(19-11-3,20-12-4)25-26-28(21-13-5,22-14-6)24-18(8)16-10-2/h17-18H,9-16H2,1-8H3. The second kappa shape index (κ2) is 16.6. The molecule has 0 bridgehead atoms. The predicted octanol–water partition coefficient (Wildman–Crippen LogP) is 5.80. The Morgan fingerprint density at radius 3 is 1.07 bits per heavy atom. The van der Waals surface area contributed by atoms with Crippen molar-refractivity contribution in [3.8, 4) is 0 Å². The van der Waals surface area contributed by atoms with Crippen LogP contribution in [-0.2, 0) is 26.6 Å². The van der Waals surface area contributed by atoms with Crippen molar-refractivity contribution in [2.45, 2.75) is 93.3 Å². The molecular formula is C18H42O6S2Si2. The van der Waals surface area contributed by atoms with E-state index in [1.807, 2.05) is 27.7 Å². The predicted molar refractivity (Wildman–Crippen MR) is 124 cm³/mol. The van der Waals surface area contributed by atoms with Gasteiger partial charge in [-0.3, -0.25) is 0 Å². The smallest absolute Gasteiger partial charge is 0.365 e. The van der Waals surface area contributed by atoms with Gasteiger partial charge in [-0.2, -0.15) is 0 Å². The zero-order valence-corrected chi connectivity index (χ0v) is 22.7. The van der Waals surface area contributed by atoms with Crippen molar-refractivity contribution in [3.05, 3.63) is 0 Å². The van der Waals surface area contributed by atoms with Crippen molar-refractivity contribution < 1.29 is 26.6 Å². The molecule has 0 aromatic carbocycles. The first-order chi connectivity index (χ1) is 13.4. The molecule has 0 radical (unpaired) electrons. The summed E-state index contributed by atoms with van der Waals surface area (Å²) in [4.78, 5) is 0. The lowest BCUT2D eigenvalue weighted by Crippen LogP contribution is -2.48. The van der Waals surface area contributed by atoms with Gasteiger partial charge in [0, 0.05) is 38.6 Å². The zero-order valence-electron chi connectivity index (χ0n) is 19.1. The van der Waals surface area contributed by atoms with Gasteiger partial charge in [0.15, 0.2) is 0 Å². The summed E-state index contributed by atoms with van der Waals surface area (Å²) in [6.07, 6.45) is 4.16. The topological polar surface area (TPSA) is 55.4 Å². The lowest BCUT2D eigenvalue weighted by Gasteiger charge is -2.34. The highest BCUT2D eigenvalue weighted by Gasteiger charge is 2.52. The summed E-state index contributed by atoms with van der Waals surface area (Å²) in [5.41, 5.74) is 0. The average molecular weight is 475 g/mol. The maximum absolute atomic E-state index is 6.36. The maximum atomic E-state index is 6.36. The summed E-state index contributed by atoms with van der Waals surface area (Å²) in [5.74, 6) is 0. The summed E-state index contributed by atoms with van der Waals surface area (Å²) in [5, 5.41) is 0. The minimum absolute atomic E-state index is 0.0676. The lowest BCUT2D eigenvalue weighted by atomic mass is 10.2. The van der Waals surface area contributed by atoms with E-state index < -0.39 is 15.9 Å². The Bertz CT molecular complexity index is 336. The number of hydrogen-bond acceptors (Lipinski definition) is 8. The maximum Gasteiger partial charge on any atom is 0.584 e. The molecule has 0 saturated heterocycles. The van der Waals surface area contributed by atoms with Crippen LogP contribution in [0.5, 0.6) is 0 Å². The first kappa shape index (κ1) is 28.9. The van der Waals surface area contributed by atoms with Crippen molar-refractivity contribution in [1.29, 1.82) is 0 Å². The van der Waals surface area contributed by atoms with Crippen LogP contribution < -0.4 is 0 Å². The van der Waals surface area contributed by atoms with E-state index in [0.29, 0.717) is 26.4 Å². The summed E-state index contributed by atoms with van der Waals surface area (Å²) < 4.78 is 37.0. The molecule has 0 rings (SSSR count). The van der Waals surface area contributed by atoms with Crippen molar-refractivity contribution in [2.75, 3.05) is 26.4 Å². The molecule has 0 heterocycles. The van der Waals surface area contributed by atoms with Crippen LogP contribution >= 0.6 is 20.5 Å². The second-order valence-electron chi connectivity index (χ2n) is 6.33. The van der Waals surface area contributed by atoms with Gasteiger partial charge in [0.05, 0.1) is 0 Å². The molecule has 0 aliphatic heterocycles. The molecule has 10 heteroatoms. The van der Waals surface area contributed by atoms with Crippen LogP contribution in [-0.4, -0.2) is 54.5 Å². The Balaban J connectivity index is 5.48. The molecule has 2 unspecified atom stereocenters. The highest BCUT2D eigenvalue weighted by molar-refractivity contribution is 8.95. The fraction of sp³-hybridized carbons (Fsp3) is 1.00. The molecule has 2 atom stereocenters. The molecule has 0 saturated carbocycles. The van der Waals surface area contributed by atoms with Gasteiger partial charge in [0.1, 0.15) is 0 Å². The van der Waals surface area contributed by atoms with Crippen molar-refractivity contribution in [3.63, 3.8) is 0 Å². The van der Waals surface area contributed by atoms with Crippen molar-refractivity contribution >= 4 is 36.4 Å². The van der Waals surface area contributed by atoms with Crippen LogP contribution in [0, 0.1) is 0 Å². The highest BCUT2D eigenvalue weighted by atomic mass is 33.3. The molecule has 0 aromatic rings. The van der Waals surface area contributed by atoms with Crippen LogP contribution in [0.2, 0.25) is 0 Å². The van der Waals surface area contributed by atoms with E-state index in [1.54, 1.807) is 0 Å². The molecule has 6 nitrogen and oxygen atoms in total. The molecule has 0 amide bonds. The summed E-state index contributed by atoms with van der Waals surface area (Å²) in [6.45, 7) is 18.4. The highest BCUT2D eigenvalue weighted by Crippen LogP contribution is 2.44. The summed E-state index contributed by atoms with van der Waals surface area (Å²) in [6, 6.07) is 0. The monoisotopic (exact) mass is 474 g/mol. The lowest BCUT2D eigenvalue weighted by molar-refractivity contribution is 0.0560. The molecular weight excluding hydrogens is 432 g/mol. The van der Waals surface area contributed by atoms with Gasteiger partial charge in [-0.1, -0.05) is 26.7 Å². The van der Waals surface area contributed by atoms with E-state index in [-0.39, 0.29) is 12.2 Å². The first-order valence-electron chi connectivity index (χ1n) is 10.6. The van der Waals surface area contributed by atoms with Gasteiger partial charge in [-0.25, -0.2) is 0 Å². The van der Waals surface area contributed by atoms with Gasteiger partial charge in [0.25, 0.3) is 0 Å². The van der Waals surface area contributed by atoms with E-state index in [1.165, 1.54) is 20.5 Å². The molecule has 0 N–H and O–H groups in total. The normalized spacial score (nSPS) is 15.0. The minimum Gasteiger partial charge on any atom is -0.365 e. The van der Waals surface area contributed by atoms with Gasteiger partial charge in [-0.15, -0.1) is 0 Å². The van der Waals surface area contributed by atoms with Gasteiger partial charge >= 0.3 is 15.9 Å². The molecule has 0 spiro atoms. The molecule has 0 aliphatic carbocycles. The molecule has 0 fully saturated rings. The van der Waals surface area contributed by atoms with Crippen LogP contribution in [0.1, 0.15) is 81.1 Å². The first-order valence-corrected chi connectivity index (χ1v) is 17.7. The number of hydrogen-bond donors (Lipinski definition) is 0. The molecule has 0 aromatic heterocycles. The Labute approximate surface area is 182 Å². The van der Waals surface area contributed by atoms with E-state index in [0.717, 1.165) is 25.7 Å². The third-order valence-electron chi connectivity index (χ3n) is 3.61. The van der Waals surface area contributed by atoms with Gasteiger partial charge in [0.2, 0.25) is 0 Å². The Morgan fingerprint density at radius 2 is 0.857 bits per heavy atom. The van der Waals surface area contributed by atoms with Gasteiger partial charge < -0.3 is 26.6 Å². The zero-order chi connectivity index (χ0) is 21.5. The van der Waals surface area contributed by atoms with E-state index in [4.69, 9.17) is 26.6 Å². The van der Waals surface area contributed by atoms with E-state index in [2.05, 4.69) is 27.7 Å². The third kappa shape index (κ3) is 11.3.